The number of halogens is 1. The Morgan fingerprint density at radius 2 is 2.10 bits per heavy atom. The minimum absolute atomic E-state index is 0.185. The number of imidazole rings is 1. The Morgan fingerprint density at radius 1 is 1.21 bits per heavy atom. The molecule has 0 fully saturated rings. The SMILES string of the molecule is COc1cc(CN(CCCn2ccnc2)Cc2ccccc2F)cc2c1OCO2. The van der Waals surface area contributed by atoms with Crippen LogP contribution >= 0.6 is 0 Å². The standard InChI is InChI=1S/C22H24FN3O3/c1-27-20-11-17(12-21-22(20)29-16-28-21)13-26(9-4-8-25-10-7-24-15-25)14-18-5-2-3-6-19(18)23/h2-3,5-7,10-12,15H,4,8-9,13-14,16H2,1H3. The number of hydrogen-bond donors (Lipinski definition) is 0. The molecule has 2 heterocycles. The lowest BCUT2D eigenvalue weighted by molar-refractivity contribution is 0.171. The third-order valence-electron chi connectivity index (χ3n) is 4.93. The Labute approximate surface area is 169 Å². The normalized spacial score (nSPS) is 12.5. The highest BCUT2D eigenvalue weighted by molar-refractivity contribution is 5.55. The molecule has 7 heteroatoms. The quantitative estimate of drug-likeness (QED) is 0.549. The van der Waals surface area contributed by atoms with Crippen LogP contribution in [0, 0.1) is 5.82 Å². The molecule has 0 bridgehead atoms. The van der Waals surface area contributed by atoms with Crippen LogP contribution < -0.4 is 14.2 Å². The maximum absolute atomic E-state index is 14.2. The van der Waals surface area contributed by atoms with E-state index in [1.54, 1.807) is 19.4 Å². The Hall–Kier alpha value is -3.06. The molecule has 1 aliphatic rings. The number of methoxy groups -OCH3 is 1. The number of aromatic nitrogens is 2. The van der Waals surface area contributed by atoms with E-state index in [9.17, 15) is 4.39 Å². The number of rotatable bonds is 9. The van der Waals surface area contributed by atoms with E-state index in [1.165, 1.54) is 6.07 Å². The molecule has 0 atom stereocenters. The summed E-state index contributed by atoms with van der Waals surface area (Å²) in [6.07, 6.45) is 6.45. The smallest absolute Gasteiger partial charge is 0.231 e. The van der Waals surface area contributed by atoms with Gasteiger partial charge in [0.25, 0.3) is 0 Å². The molecule has 0 amide bonds. The summed E-state index contributed by atoms with van der Waals surface area (Å²) in [5.74, 6) is 1.79. The molecule has 0 saturated heterocycles. The van der Waals surface area contributed by atoms with Crippen LogP contribution in [-0.2, 0) is 19.6 Å². The lowest BCUT2D eigenvalue weighted by atomic mass is 10.1. The number of ether oxygens (including phenoxy) is 3. The van der Waals surface area contributed by atoms with Gasteiger partial charge in [0.2, 0.25) is 12.5 Å². The predicted octanol–water partition coefficient (Wildman–Crippen LogP) is 3.85. The van der Waals surface area contributed by atoms with Crippen molar-refractivity contribution in [1.82, 2.24) is 14.5 Å². The lowest BCUT2D eigenvalue weighted by Crippen LogP contribution is -2.25. The van der Waals surface area contributed by atoms with Crippen molar-refractivity contribution in [3.63, 3.8) is 0 Å². The molecule has 0 unspecified atom stereocenters. The van der Waals surface area contributed by atoms with Crippen LogP contribution in [0.3, 0.4) is 0 Å². The van der Waals surface area contributed by atoms with Gasteiger partial charge in [-0.05, 0) is 30.2 Å². The second kappa shape index (κ2) is 8.96. The number of hydrogen-bond acceptors (Lipinski definition) is 5. The summed E-state index contributed by atoms with van der Waals surface area (Å²) in [5, 5.41) is 0. The third-order valence-corrected chi connectivity index (χ3v) is 4.93. The lowest BCUT2D eigenvalue weighted by Gasteiger charge is -2.23. The first-order valence-electron chi connectivity index (χ1n) is 9.61. The summed E-state index contributed by atoms with van der Waals surface area (Å²) >= 11 is 0. The van der Waals surface area contributed by atoms with Crippen LogP contribution in [0.5, 0.6) is 17.2 Å². The zero-order valence-corrected chi connectivity index (χ0v) is 16.4. The zero-order chi connectivity index (χ0) is 20.1. The summed E-state index contributed by atoms with van der Waals surface area (Å²) < 4.78 is 32.8. The molecule has 6 nitrogen and oxygen atoms in total. The third kappa shape index (κ3) is 4.68. The molecule has 0 radical (unpaired) electrons. The van der Waals surface area contributed by atoms with E-state index in [4.69, 9.17) is 14.2 Å². The largest absolute Gasteiger partial charge is 0.493 e. The van der Waals surface area contributed by atoms with E-state index in [0.29, 0.717) is 35.9 Å². The minimum Gasteiger partial charge on any atom is -0.493 e. The first kappa shape index (κ1) is 19.3. The van der Waals surface area contributed by atoms with Gasteiger partial charge in [-0.15, -0.1) is 0 Å². The van der Waals surface area contributed by atoms with Crippen molar-refractivity contribution in [2.75, 3.05) is 20.4 Å². The fourth-order valence-corrected chi connectivity index (χ4v) is 3.51. The van der Waals surface area contributed by atoms with Crippen LogP contribution in [0.25, 0.3) is 0 Å². The van der Waals surface area contributed by atoms with E-state index in [-0.39, 0.29) is 12.6 Å². The van der Waals surface area contributed by atoms with Gasteiger partial charge >= 0.3 is 0 Å². The van der Waals surface area contributed by atoms with Crippen molar-refractivity contribution < 1.29 is 18.6 Å². The molecule has 0 spiro atoms. The average molecular weight is 397 g/mol. The van der Waals surface area contributed by atoms with Gasteiger partial charge in [0.05, 0.1) is 13.4 Å². The molecule has 152 valence electrons. The van der Waals surface area contributed by atoms with Gasteiger partial charge in [0.1, 0.15) is 5.82 Å². The van der Waals surface area contributed by atoms with Crippen LogP contribution in [0.2, 0.25) is 0 Å². The van der Waals surface area contributed by atoms with Crippen LogP contribution in [0.1, 0.15) is 17.5 Å². The monoisotopic (exact) mass is 397 g/mol. The minimum atomic E-state index is -0.185. The van der Waals surface area contributed by atoms with E-state index in [0.717, 1.165) is 25.1 Å². The highest BCUT2D eigenvalue weighted by Crippen LogP contribution is 2.42. The first-order valence-corrected chi connectivity index (χ1v) is 9.61. The molecule has 0 aliphatic carbocycles. The van der Waals surface area contributed by atoms with Crippen molar-refractivity contribution in [2.45, 2.75) is 26.1 Å². The van der Waals surface area contributed by atoms with E-state index in [2.05, 4.69) is 9.88 Å². The van der Waals surface area contributed by atoms with Crippen molar-refractivity contribution in [3.05, 3.63) is 72.1 Å². The van der Waals surface area contributed by atoms with Crippen LogP contribution in [0.15, 0.2) is 55.1 Å². The van der Waals surface area contributed by atoms with Gasteiger partial charge in [0, 0.05) is 44.1 Å². The highest BCUT2D eigenvalue weighted by Gasteiger charge is 2.21. The van der Waals surface area contributed by atoms with Crippen molar-refractivity contribution >= 4 is 0 Å². The molecular formula is C22H24FN3O3. The molecule has 4 rings (SSSR count). The summed E-state index contributed by atoms with van der Waals surface area (Å²) in [6, 6.07) is 10.8. The predicted molar refractivity (Wildman–Crippen MR) is 106 cm³/mol. The second-order valence-corrected chi connectivity index (χ2v) is 6.99. The van der Waals surface area contributed by atoms with E-state index in [1.807, 2.05) is 41.4 Å². The maximum atomic E-state index is 14.2. The van der Waals surface area contributed by atoms with Gasteiger partial charge in [-0.25, -0.2) is 9.37 Å². The average Bonchev–Trinajstić information content (AvgIpc) is 3.41. The number of nitrogens with zero attached hydrogens (tertiary/aromatic N) is 3. The van der Waals surface area contributed by atoms with Gasteiger partial charge in [-0.3, -0.25) is 4.90 Å². The fourth-order valence-electron chi connectivity index (χ4n) is 3.51. The molecule has 3 aromatic rings. The second-order valence-electron chi connectivity index (χ2n) is 6.99. The Morgan fingerprint density at radius 3 is 2.90 bits per heavy atom. The maximum Gasteiger partial charge on any atom is 0.231 e. The summed E-state index contributed by atoms with van der Waals surface area (Å²) in [7, 11) is 1.61. The Kier molecular flexibility index (Phi) is 5.95. The van der Waals surface area contributed by atoms with E-state index >= 15 is 0 Å². The molecule has 1 aliphatic heterocycles. The number of fused-ring (bicyclic) bond motifs is 1. The van der Waals surface area contributed by atoms with Gasteiger partial charge < -0.3 is 18.8 Å². The summed E-state index contributed by atoms with van der Waals surface area (Å²) in [6.45, 7) is 3.03. The fraction of sp³-hybridized carbons (Fsp3) is 0.318. The van der Waals surface area contributed by atoms with E-state index < -0.39 is 0 Å². The molecule has 2 aromatic carbocycles. The molecule has 1 aromatic heterocycles. The van der Waals surface area contributed by atoms with Crippen molar-refractivity contribution in [2.24, 2.45) is 0 Å². The molecule has 0 N–H and O–H groups in total. The molecule has 29 heavy (non-hydrogen) atoms. The summed E-state index contributed by atoms with van der Waals surface area (Å²) in [5.41, 5.74) is 1.72. The highest BCUT2D eigenvalue weighted by atomic mass is 19.1. The van der Waals surface area contributed by atoms with Gasteiger partial charge in [-0.2, -0.15) is 0 Å². The number of benzene rings is 2. The summed E-state index contributed by atoms with van der Waals surface area (Å²) in [4.78, 5) is 6.31. The van der Waals surface area contributed by atoms with Crippen molar-refractivity contribution in [1.29, 1.82) is 0 Å². The van der Waals surface area contributed by atoms with Gasteiger partial charge in [0.15, 0.2) is 11.5 Å². The van der Waals surface area contributed by atoms with Gasteiger partial charge in [-0.1, -0.05) is 18.2 Å². The van der Waals surface area contributed by atoms with Crippen LogP contribution in [0.4, 0.5) is 4.39 Å². The molecule has 0 saturated carbocycles. The Bertz CT molecular complexity index is 946. The first-order chi connectivity index (χ1) is 14.2. The van der Waals surface area contributed by atoms with Crippen molar-refractivity contribution in [3.8, 4) is 17.2 Å². The zero-order valence-electron chi connectivity index (χ0n) is 16.4. The topological polar surface area (TPSA) is 48.8 Å². The van der Waals surface area contributed by atoms with Crippen LogP contribution in [-0.4, -0.2) is 34.9 Å². The molecular weight excluding hydrogens is 373 g/mol. The number of aryl methyl sites for hydroxylation is 1. The Balaban J connectivity index is 1.50.